The molecule has 46 heavy (non-hydrogen) atoms. The molecule has 6 aromatic rings. The summed E-state index contributed by atoms with van der Waals surface area (Å²) in [7, 11) is 0. The topological polar surface area (TPSA) is 74.6 Å². The van der Waals surface area contributed by atoms with Gasteiger partial charge in [-0.05, 0) is 68.3 Å². The van der Waals surface area contributed by atoms with E-state index >= 15 is 0 Å². The Morgan fingerprint density at radius 2 is 0.609 bits per heavy atom. The zero-order valence-corrected chi connectivity index (χ0v) is 25.3. The van der Waals surface area contributed by atoms with E-state index in [0.29, 0.717) is 16.7 Å². The van der Waals surface area contributed by atoms with Crippen LogP contribution in [-0.2, 0) is 19.6 Å². The predicted octanol–water partition coefficient (Wildman–Crippen LogP) is 9.51. The van der Waals surface area contributed by atoms with Gasteiger partial charge in [-0.2, -0.15) is 15.8 Å². The molecule has 4 heteroatoms. The van der Waals surface area contributed by atoms with Gasteiger partial charge in [0.05, 0.1) is 34.9 Å². The zero-order chi connectivity index (χ0) is 31.7. The maximum absolute atomic E-state index is 9.56. The van der Waals surface area contributed by atoms with Gasteiger partial charge in [0.15, 0.2) is 0 Å². The number of nitrogens with zero attached hydrogens (tertiary/aromatic N) is 4. The first-order valence-corrected chi connectivity index (χ1v) is 15.1. The van der Waals surface area contributed by atoms with Gasteiger partial charge in [-0.1, -0.05) is 127 Å². The molecule has 6 rings (SSSR count). The minimum atomic E-state index is 0.665. The molecular formula is C42H30N4. The normalized spacial score (nSPS) is 10.6. The van der Waals surface area contributed by atoms with Gasteiger partial charge < -0.3 is 0 Å². The fourth-order valence-corrected chi connectivity index (χ4v) is 5.81. The maximum Gasteiger partial charge on any atom is 0.0998 e. The van der Waals surface area contributed by atoms with Crippen molar-refractivity contribution in [3.63, 3.8) is 0 Å². The van der Waals surface area contributed by atoms with E-state index in [1.165, 1.54) is 16.7 Å². The Bertz CT molecular complexity index is 1840. The highest BCUT2D eigenvalue weighted by Gasteiger charge is 2.12. The van der Waals surface area contributed by atoms with Crippen molar-refractivity contribution in [3.8, 4) is 51.6 Å². The molecule has 0 amide bonds. The van der Waals surface area contributed by atoms with E-state index < -0.39 is 0 Å². The molecule has 0 radical (unpaired) electrons. The third-order valence-corrected chi connectivity index (χ3v) is 8.16. The average molecular weight is 591 g/mol. The molecule has 0 atom stereocenters. The lowest BCUT2D eigenvalue weighted by atomic mass is 9.98. The first kappa shape index (κ1) is 29.8. The third-order valence-electron chi connectivity index (χ3n) is 8.16. The molecule has 0 saturated heterocycles. The van der Waals surface area contributed by atoms with E-state index in [-0.39, 0.29) is 0 Å². The van der Waals surface area contributed by atoms with Crippen LogP contribution in [0.4, 0.5) is 0 Å². The molecule has 6 aromatic carbocycles. The fraction of sp³-hybridized carbons (Fsp3) is 0.0714. The predicted molar refractivity (Wildman–Crippen MR) is 183 cm³/mol. The largest absolute Gasteiger partial charge is 0.291 e. The van der Waals surface area contributed by atoms with Crippen LogP contribution in [-0.4, -0.2) is 4.90 Å². The highest BCUT2D eigenvalue weighted by atomic mass is 15.1. The Kier molecular flexibility index (Phi) is 9.09. The van der Waals surface area contributed by atoms with Gasteiger partial charge in [0, 0.05) is 19.6 Å². The molecule has 0 aliphatic carbocycles. The van der Waals surface area contributed by atoms with Crippen molar-refractivity contribution in [2.24, 2.45) is 0 Å². The van der Waals surface area contributed by atoms with Gasteiger partial charge in [0.1, 0.15) is 0 Å². The molecule has 0 aliphatic rings. The highest BCUT2D eigenvalue weighted by Crippen LogP contribution is 2.27. The first-order chi connectivity index (χ1) is 22.6. The van der Waals surface area contributed by atoms with E-state index in [4.69, 9.17) is 0 Å². The summed E-state index contributed by atoms with van der Waals surface area (Å²) in [5.74, 6) is 0. The second-order valence-corrected chi connectivity index (χ2v) is 11.2. The van der Waals surface area contributed by atoms with Gasteiger partial charge in [0.2, 0.25) is 0 Å². The SMILES string of the molecule is N#Cc1ccccc1-c1ccc(CN(Cc2ccc(-c3ccccc3C#N)cc2)Cc2ccc(-c3ccccc3C#N)cc2)cc1. The van der Waals surface area contributed by atoms with Gasteiger partial charge in [0.25, 0.3) is 0 Å². The molecule has 0 N–H and O–H groups in total. The van der Waals surface area contributed by atoms with Crippen LogP contribution in [0.25, 0.3) is 33.4 Å². The van der Waals surface area contributed by atoms with Gasteiger partial charge in [-0.15, -0.1) is 0 Å². The van der Waals surface area contributed by atoms with E-state index in [2.05, 4.69) is 95.9 Å². The van der Waals surface area contributed by atoms with Crippen molar-refractivity contribution >= 4 is 0 Å². The van der Waals surface area contributed by atoms with E-state index in [1.54, 1.807) is 0 Å². The Labute approximate surface area is 270 Å². The summed E-state index contributed by atoms with van der Waals surface area (Å²) < 4.78 is 0. The number of rotatable bonds is 9. The van der Waals surface area contributed by atoms with E-state index in [9.17, 15) is 15.8 Å². The molecule has 0 unspecified atom stereocenters. The molecule has 0 heterocycles. The quantitative estimate of drug-likeness (QED) is 0.168. The first-order valence-electron chi connectivity index (χ1n) is 15.1. The number of nitriles is 3. The van der Waals surface area contributed by atoms with Crippen LogP contribution in [0.15, 0.2) is 146 Å². The summed E-state index contributed by atoms with van der Waals surface area (Å²) in [6, 6.07) is 55.3. The van der Waals surface area contributed by atoms with Crippen molar-refractivity contribution in [3.05, 3.63) is 179 Å². The fourth-order valence-electron chi connectivity index (χ4n) is 5.81. The monoisotopic (exact) mass is 590 g/mol. The van der Waals surface area contributed by atoms with Gasteiger partial charge in [-0.3, -0.25) is 4.90 Å². The second-order valence-electron chi connectivity index (χ2n) is 11.2. The Hall–Kier alpha value is -6.25. The minimum Gasteiger partial charge on any atom is -0.291 e. The maximum atomic E-state index is 9.56. The van der Waals surface area contributed by atoms with Crippen LogP contribution in [0.2, 0.25) is 0 Å². The van der Waals surface area contributed by atoms with E-state index in [1.807, 2.05) is 72.8 Å². The Morgan fingerprint density at radius 1 is 0.348 bits per heavy atom. The van der Waals surface area contributed by atoms with Gasteiger partial charge >= 0.3 is 0 Å². The Morgan fingerprint density at radius 3 is 0.870 bits per heavy atom. The summed E-state index contributed by atoms with van der Waals surface area (Å²) in [6.07, 6.45) is 0. The molecule has 0 spiro atoms. The summed E-state index contributed by atoms with van der Waals surface area (Å²) in [5, 5.41) is 28.7. The molecule has 218 valence electrons. The molecule has 0 aromatic heterocycles. The van der Waals surface area contributed by atoms with Crippen LogP contribution < -0.4 is 0 Å². The molecule has 0 saturated carbocycles. The average Bonchev–Trinajstić information content (AvgIpc) is 3.12. The number of hydrogen-bond acceptors (Lipinski definition) is 4. The zero-order valence-electron chi connectivity index (χ0n) is 25.3. The number of hydrogen-bond donors (Lipinski definition) is 0. The molecule has 0 bridgehead atoms. The lowest BCUT2D eigenvalue weighted by molar-refractivity contribution is 0.248. The van der Waals surface area contributed by atoms with E-state index in [0.717, 1.165) is 53.0 Å². The second kappa shape index (κ2) is 14.0. The third kappa shape index (κ3) is 6.77. The van der Waals surface area contributed by atoms with Gasteiger partial charge in [-0.25, -0.2) is 0 Å². The summed E-state index contributed by atoms with van der Waals surface area (Å²) in [5.41, 5.74) is 11.4. The van der Waals surface area contributed by atoms with Crippen LogP contribution >= 0.6 is 0 Å². The van der Waals surface area contributed by atoms with Crippen LogP contribution in [0.1, 0.15) is 33.4 Å². The molecular weight excluding hydrogens is 560 g/mol. The van der Waals surface area contributed by atoms with Crippen LogP contribution in [0, 0.1) is 34.0 Å². The van der Waals surface area contributed by atoms with Crippen molar-refractivity contribution < 1.29 is 0 Å². The lowest BCUT2D eigenvalue weighted by Gasteiger charge is -2.23. The van der Waals surface area contributed by atoms with Crippen molar-refractivity contribution in [1.29, 1.82) is 15.8 Å². The van der Waals surface area contributed by atoms with Crippen molar-refractivity contribution in [1.82, 2.24) is 4.90 Å². The van der Waals surface area contributed by atoms with Crippen LogP contribution in [0.5, 0.6) is 0 Å². The van der Waals surface area contributed by atoms with Crippen LogP contribution in [0.3, 0.4) is 0 Å². The highest BCUT2D eigenvalue weighted by molar-refractivity contribution is 5.72. The standard InChI is InChI=1S/C42H30N4/c43-25-37-7-1-4-10-40(37)34-19-13-31(14-20-34)28-46(29-32-15-21-35(22-16-32)41-11-5-2-8-38(41)26-44)30-33-17-23-36(24-18-33)42-12-6-3-9-39(42)27-45/h1-24H,28-30H2. The summed E-state index contributed by atoms with van der Waals surface area (Å²) in [6.45, 7) is 2.20. The molecule has 0 aliphatic heterocycles. The molecule has 4 nitrogen and oxygen atoms in total. The lowest BCUT2D eigenvalue weighted by Crippen LogP contribution is -2.22. The summed E-state index contributed by atoms with van der Waals surface area (Å²) in [4.78, 5) is 2.41. The summed E-state index contributed by atoms with van der Waals surface area (Å²) >= 11 is 0. The van der Waals surface area contributed by atoms with Crippen molar-refractivity contribution in [2.45, 2.75) is 19.6 Å². The molecule has 0 fully saturated rings. The minimum absolute atomic E-state index is 0.665. The smallest absolute Gasteiger partial charge is 0.0998 e. The number of benzene rings is 6. The Balaban J connectivity index is 1.25. The van der Waals surface area contributed by atoms with Crippen molar-refractivity contribution in [2.75, 3.05) is 0 Å².